The summed E-state index contributed by atoms with van der Waals surface area (Å²) in [6.07, 6.45) is 4.79. The van der Waals surface area contributed by atoms with E-state index in [-0.39, 0.29) is 0 Å². The number of rotatable bonds is 5. The zero-order valence-corrected chi connectivity index (χ0v) is 16.5. The minimum absolute atomic E-state index is 0.773. The molecule has 142 valence electrons. The summed E-state index contributed by atoms with van der Waals surface area (Å²) in [5.74, 6) is 1.03. The van der Waals surface area contributed by atoms with Crippen molar-refractivity contribution in [1.82, 2.24) is 20.2 Å². The number of hydrogen-bond donors (Lipinski definition) is 2. The van der Waals surface area contributed by atoms with Crippen molar-refractivity contribution < 1.29 is 0 Å². The van der Waals surface area contributed by atoms with Crippen LogP contribution in [-0.2, 0) is 6.42 Å². The van der Waals surface area contributed by atoms with Crippen LogP contribution in [0, 0.1) is 0 Å². The first kappa shape index (κ1) is 17.9. The Kier molecular flexibility index (Phi) is 5.58. The maximum absolute atomic E-state index is 4.89. The zero-order chi connectivity index (χ0) is 18.5. The molecule has 0 unspecified atom stereocenters. The number of H-pyrrole nitrogens is 1. The number of fused-ring (bicyclic) bond motifs is 1. The Hall–Kier alpha value is -2.54. The third-order valence-corrected chi connectivity index (χ3v) is 5.84. The fraction of sp³-hybridized carbons (Fsp3) is 0.400. The first-order chi connectivity index (χ1) is 13.3. The van der Waals surface area contributed by atoms with Gasteiger partial charge in [0.05, 0.1) is 5.00 Å². The van der Waals surface area contributed by atoms with Gasteiger partial charge in [0.15, 0.2) is 5.96 Å². The number of nitrogens with zero attached hydrogens (tertiary/aromatic N) is 4. The van der Waals surface area contributed by atoms with Crippen molar-refractivity contribution in [1.29, 1.82) is 0 Å². The number of aliphatic imine (C=N–C) groups is 1. The van der Waals surface area contributed by atoms with Crippen LogP contribution in [0.25, 0.3) is 11.0 Å². The highest BCUT2D eigenvalue weighted by atomic mass is 32.1. The van der Waals surface area contributed by atoms with E-state index in [1.165, 1.54) is 16.0 Å². The Morgan fingerprint density at radius 3 is 2.93 bits per heavy atom. The van der Waals surface area contributed by atoms with E-state index in [2.05, 4.69) is 61.8 Å². The molecule has 1 saturated heterocycles. The number of aromatic nitrogens is 2. The van der Waals surface area contributed by atoms with Gasteiger partial charge in [0.1, 0.15) is 5.65 Å². The molecule has 0 aromatic carbocycles. The lowest BCUT2D eigenvalue weighted by molar-refractivity contribution is 0.373. The van der Waals surface area contributed by atoms with E-state index in [9.17, 15) is 0 Å². The van der Waals surface area contributed by atoms with Gasteiger partial charge < -0.3 is 20.1 Å². The van der Waals surface area contributed by atoms with E-state index in [1.54, 1.807) is 0 Å². The lowest BCUT2D eigenvalue weighted by atomic mass is 10.1. The van der Waals surface area contributed by atoms with Crippen LogP contribution in [0.3, 0.4) is 0 Å². The molecule has 6 nitrogen and oxygen atoms in total. The van der Waals surface area contributed by atoms with Crippen LogP contribution in [-0.4, -0.2) is 60.1 Å². The Morgan fingerprint density at radius 2 is 2.15 bits per heavy atom. The lowest BCUT2D eigenvalue weighted by Gasteiger charge is -2.37. The predicted octanol–water partition coefficient (Wildman–Crippen LogP) is 2.95. The maximum Gasteiger partial charge on any atom is 0.194 e. The van der Waals surface area contributed by atoms with Crippen LogP contribution in [0.4, 0.5) is 5.00 Å². The van der Waals surface area contributed by atoms with E-state index in [4.69, 9.17) is 4.99 Å². The van der Waals surface area contributed by atoms with Gasteiger partial charge in [-0.05, 0) is 48.6 Å². The second-order valence-electron chi connectivity index (χ2n) is 6.62. The highest BCUT2D eigenvalue weighted by Gasteiger charge is 2.20. The summed E-state index contributed by atoms with van der Waals surface area (Å²) in [5, 5.41) is 8.17. The number of aromatic amines is 1. The minimum Gasteiger partial charge on any atom is -0.360 e. The number of pyridine rings is 1. The van der Waals surface area contributed by atoms with Crippen LogP contribution in [0.5, 0.6) is 0 Å². The fourth-order valence-corrected chi connectivity index (χ4v) is 4.30. The molecule has 4 rings (SSSR count). The van der Waals surface area contributed by atoms with Crippen LogP contribution in [0.15, 0.2) is 47.0 Å². The van der Waals surface area contributed by atoms with E-state index >= 15 is 0 Å². The van der Waals surface area contributed by atoms with Gasteiger partial charge in [-0.15, -0.1) is 11.3 Å². The molecule has 3 aromatic heterocycles. The summed E-state index contributed by atoms with van der Waals surface area (Å²) in [6.45, 7) is 7.87. The average molecular weight is 383 g/mol. The molecule has 0 saturated carbocycles. The molecule has 1 fully saturated rings. The molecular formula is C20H26N6S. The molecule has 3 aromatic rings. The minimum atomic E-state index is 0.773. The SMILES string of the molecule is CCNC(=NCCc1c[nH]c2ncccc12)N1CCN(c2cccs2)CC1. The van der Waals surface area contributed by atoms with Crippen LogP contribution in [0.2, 0.25) is 0 Å². The molecule has 1 aliphatic rings. The Labute approximate surface area is 163 Å². The summed E-state index contributed by atoms with van der Waals surface area (Å²) >= 11 is 1.82. The molecule has 0 atom stereocenters. The largest absolute Gasteiger partial charge is 0.360 e. The summed E-state index contributed by atoms with van der Waals surface area (Å²) in [4.78, 5) is 17.3. The molecule has 0 bridgehead atoms. The predicted molar refractivity (Wildman–Crippen MR) is 114 cm³/mol. The lowest BCUT2D eigenvalue weighted by Crippen LogP contribution is -2.52. The standard InChI is InChI=1S/C20H26N6S/c1-2-21-20(26-12-10-25(11-13-26)18-6-4-14-27-18)23-9-7-16-15-24-19-17(16)5-3-8-22-19/h3-6,8,14-15H,2,7,9-13H2,1H3,(H,21,23)(H,22,24). The fourth-order valence-electron chi connectivity index (χ4n) is 3.52. The van der Waals surface area contributed by atoms with E-state index in [0.717, 1.165) is 57.3 Å². The van der Waals surface area contributed by atoms with Crippen LogP contribution < -0.4 is 10.2 Å². The molecule has 1 aliphatic heterocycles. The highest BCUT2D eigenvalue weighted by Crippen LogP contribution is 2.22. The number of piperazine rings is 1. The van der Waals surface area contributed by atoms with Crippen LogP contribution >= 0.6 is 11.3 Å². The smallest absolute Gasteiger partial charge is 0.194 e. The van der Waals surface area contributed by atoms with Gasteiger partial charge in [-0.1, -0.05) is 0 Å². The molecule has 0 spiro atoms. The van der Waals surface area contributed by atoms with Crippen molar-refractivity contribution >= 4 is 33.3 Å². The van der Waals surface area contributed by atoms with Crippen LogP contribution in [0.1, 0.15) is 12.5 Å². The number of thiophene rings is 1. The Bertz CT molecular complexity index is 877. The van der Waals surface area contributed by atoms with Gasteiger partial charge >= 0.3 is 0 Å². The third-order valence-electron chi connectivity index (χ3n) is 4.91. The quantitative estimate of drug-likeness (QED) is 0.526. The second kappa shape index (κ2) is 8.43. The zero-order valence-electron chi connectivity index (χ0n) is 15.7. The number of nitrogens with one attached hydrogen (secondary N) is 2. The van der Waals surface area contributed by atoms with E-state index in [0.29, 0.717) is 0 Å². The number of guanidine groups is 1. The van der Waals surface area contributed by atoms with Crippen molar-refractivity contribution in [2.24, 2.45) is 4.99 Å². The number of hydrogen-bond acceptors (Lipinski definition) is 4. The summed E-state index contributed by atoms with van der Waals surface area (Å²) in [6, 6.07) is 8.43. The monoisotopic (exact) mass is 382 g/mol. The first-order valence-corrected chi connectivity index (χ1v) is 10.5. The molecule has 7 heteroatoms. The van der Waals surface area contributed by atoms with Gasteiger partial charge in [-0.25, -0.2) is 4.98 Å². The molecule has 2 N–H and O–H groups in total. The van der Waals surface area contributed by atoms with Gasteiger partial charge in [-0.2, -0.15) is 0 Å². The maximum atomic E-state index is 4.89. The molecule has 4 heterocycles. The van der Waals surface area contributed by atoms with Gasteiger partial charge in [0.25, 0.3) is 0 Å². The summed E-state index contributed by atoms with van der Waals surface area (Å²) < 4.78 is 0. The van der Waals surface area contributed by atoms with Crippen molar-refractivity contribution in [2.45, 2.75) is 13.3 Å². The second-order valence-corrected chi connectivity index (χ2v) is 7.55. The Morgan fingerprint density at radius 1 is 1.26 bits per heavy atom. The van der Waals surface area contributed by atoms with E-state index < -0.39 is 0 Å². The molecular weight excluding hydrogens is 356 g/mol. The van der Waals surface area contributed by atoms with Crippen molar-refractivity contribution in [3.63, 3.8) is 0 Å². The number of anilines is 1. The van der Waals surface area contributed by atoms with E-state index in [1.807, 2.05) is 23.6 Å². The van der Waals surface area contributed by atoms with Crippen molar-refractivity contribution in [2.75, 3.05) is 44.2 Å². The normalized spacial score (nSPS) is 15.5. The Balaban J connectivity index is 1.37. The first-order valence-electron chi connectivity index (χ1n) is 9.58. The molecule has 0 amide bonds. The molecule has 27 heavy (non-hydrogen) atoms. The topological polar surface area (TPSA) is 59.6 Å². The summed E-state index contributed by atoms with van der Waals surface area (Å²) in [5.41, 5.74) is 2.23. The van der Waals surface area contributed by atoms with Crippen molar-refractivity contribution in [3.05, 3.63) is 47.6 Å². The van der Waals surface area contributed by atoms with Gasteiger partial charge in [-0.3, -0.25) is 4.99 Å². The molecule has 0 aliphatic carbocycles. The third kappa shape index (κ3) is 4.08. The highest BCUT2D eigenvalue weighted by molar-refractivity contribution is 7.14. The van der Waals surface area contributed by atoms with Gasteiger partial charge in [0.2, 0.25) is 0 Å². The summed E-state index contributed by atoms with van der Waals surface area (Å²) in [7, 11) is 0. The average Bonchev–Trinajstić information content (AvgIpc) is 3.38. The van der Waals surface area contributed by atoms with Crippen molar-refractivity contribution in [3.8, 4) is 0 Å². The molecule has 0 radical (unpaired) electrons. The van der Waals surface area contributed by atoms with Gasteiger partial charge in [0, 0.05) is 57.0 Å².